The van der Waals surface area contributed by atoms with E-state index in [1.165, 1.54) is 24.8 Å². The van der Waals surface area contributed by atoms with Gasteiger partial charge in [0.05, 0.1) is 6.04 Å². The molecule has 4 heteroatoms. The summed E-state index contributed by atoms with van der Waals surface area (Å²) >= 11 is 0. The molecule has 26 heavy (non-hydrogen) atoms. The maximum absolute atomic E-state index is 11.3. The van der Waals surface area contributed by atoms with Crippen molar-refractivity contribution in [2.75, 3.05) is 13.1 Å². The number of nitrogens with two attached hydrogens (primary N) is 1. The Hall–Kier alpha value is -1.65. The summed E-state index contributed by atoms with van der Waals surface area (Å²) in [6.45, 7) is 6.27. The highest BCUT2D eigenvalue weighted by Gasteiger charge is 2.55. The van der Waals surface area contributed by atoms with E-state index in [2.05, 4.69) is 53.5 Å². The summed E-state index contributed by atoms with van der Waals surface area (Å²) in [5, 5.41) is 3.88. The number of carbonyl (C=O) groups excluding carboxylic acids is 1. The van der Waals surface area contributed by atoms with Crippen LogP contribution < -0.4 is 11.1 Å². The standard InChI is InChI=1S/C22H31N3O/c1-3-17(9-16-7-5-4-6-8-16)19-10-20(19)24-18-11-22(12-18)13-25(14-22)15(2)21(23)26/h4-9,15,18-20,24H,3,10-14H2,1-2H3,(H2,23,26)/b17-9+/t15?,19-,20+/m0/s1. The Bertz CT molecular complexity index is 685. The number of amides is 1. The second kappa shape index (κ2) is 6.82. The smallest absolute Gasteiger partial charge is 0.234 e. The molecule has 0 radical (unpaired) electrons. The molecule has 1 aliphatic heterocycles. The Morgan fingerprint density at radius 1 is 1.35 bits per heavy atom. The molecule has 0 aromatic heterocycles. The highest BCUT2D eigenvalue weighted by molar-refractivity contribution is 5.79. The maximum Gasteiger partial charge on any atom is 0.234 e. The molecule has 1 heterocycles. The van der Waals surface area contributed by atoms with E-state index in [9.17, 15) is 4.79 Å². The molecule has 1 amide bonds. The molecule has 2 saturated carbocycles. The molecule has 3 N–H and O–H groups in total. The van der Waals surface area contributed by atoms with Crippen LogP contribution in [0.5, 0.6) is 0 Å². The van der Waals surface area contributed by atoms with E-state index in [0.29, 0.717) is 23.4 Å². The predicted molar refractivity (Wildman–Crippen MR) is 105 cm³/mol. The lowest BCUT2D eigenvalue weighted by Crippen LogP contribution is -2.69. The Kier molecular flexibility index (Phi) is 4.66. The van der Waals surface area contributed by atoms with Gasteiger partial charge in [0.25, 0.3) is 0 Å². The van der Waals surface area contributed by atoms with Crippen LogP contribution in [-0.2, 0) is 4.79 Å². The molecule has 3 atom stereocenters. The zero-order valence-electron chi connectivity index (χ0n) is 15.9. The number of rotatable bonds is 7. The third kappa shape index (κ3) is 3.45. The van der Waals surface area contributed by atoms with Crippen LogP contribution in [0.15, 0.2) is 35.9 Å². The van der Waals surface area contributed by atoms with Crippen molar-refractivity contribution in [3.63, 3.8) is 0 Å². The summed E-state index contributed by atoms with van der Waals surface area (Å²) in [5.41, 5.74) is 8.76. The Balaban J connectivity index is 1.23. The van der Waals surface area contributed by atoms with E-state index >= 15 is 0 Å². The van der Waals surface area contributed by atoms with Crippen LogP contribution in [-0.4, -0.2) is 42.0 Å². The van der Waals surface area contributed by atoms with Gasteiger partial charge in [-0.3, -0.25) is 9.69 Å². The maximum atomic E-state index is 11.3. The Morgan fingerprint density at radius 2 is 2.04 bits per heavy atom. The minimum Gasteiger partial charge on any atom is -0.368 e. The van der Waals surface area contributed by atoms with Crippen LogP contribution in [0.25, 0.3) is 6.08 Å². The summed E-state index contributed by atoms with van der Waals surface area (Å²) < 4.78 is 0. The van der Waals surface area contributed by atoms with Gasteiger partial charge in [-0.2, -0.15) is 0 Å². The van der Waals surface area contributed by atoms with Gasteiger partial charge in [0.2, 0.25) is 5.91 Å². The number of carbonyl (C=O) groups is 1. The predicted octanol–water partition coefficient (Wildman–Crippen LogP) is 2.80. The van der Waals surface area contributed by atoms with Crippen LogP contribution in [0.1, 0.15) is 45.1 Å². The first-order valence-electron chi connectivity index (χ1n) is 10.0. The van der Waals surface area contributed by atoms with Crippen molar-refractivity contribution in [2.45, 2.75) is 57.7 Å². The fourth-order valence-electron chi connectivity index (χ4n) is 4.96. The number of nitrogens with one attached hydrogen (secondary N) is 1. The van der Waals surface area contributed by atoms with Gasteiger partial charge in [0, 0.05) is 25.2 Å². The fraction of sp³-hybridized carbons (Fsp3) is 0.591. The molecule has 1 saturated heterocycles. The second-order valence-electron chi connectivity index (χ2n) is 8.69. The number of hydrogen-bond acceptors (Lipinski definition) is 3. The number of benzene rings is 1. The summed E-state index contributed by atoms with van der Waals surface area (Å²) in [4.78, 5) is 13.5. The normalized spacial score (nSPS) is 29.1. The van der Waals surface area contributed by atoms with Crippen molar-refractivity contribution >= 4 is 12.0 Å². The van der Waals surface area contributed by atoms with E-state index < -0.39 is 0 Å². The lowest BCUT2D eigenvalue weighted by atomic mass is 9.60. The highest BCUT2D eigenvalue weighted by atomic mass is 16.1. The van der Waals surface area contributed by atoms with Gasteiger partial charge in [-0.15, -0.1) is 0 Å². The SMILES string of the molecule is CC/C(=C\c1ccccc1)[C@@H]1C[C@H]1NC1CC2(C1)CN(C(C)C(N)=O)C2. The second-order valence-corrected chi connectivity index (χ2v) is 8.69. The summed E-state index contributed by atoms with van der Waals surface area (Å²) in [5.74, 6) is 0.511. The van der Waals surface area contributed by atoms with E-state index in [-0.39, 0.29) is 11.9 Å². The van der Waals surface area contributed by atoms with Crippen LogP contribution in [0.4, 0.5) is 0 Å². The molecule has 140 valence electrons. The highest BCUT2D eigenvalue weighted by Crippen LogP contribution is 2.50. The lowest BCUT2D eigenvalue weighted by molar-refractivity contribution is -0.135. The van der Waals surface area contributed by atoms with Gasteiger partial charge in [-0.1, -0.05) is 48.9 Å². The third-order valence-electron chi connectivity index (χ3n) is 6.67. The third-order valence-corrected chi connectivity index (χ3v) is 6.67. The van der Waals surface area contributed by atoms with Crippen LogP contribution in [0, 0.1) is 11.3 Å². The molecule has 1 spiro atoms. The molecular formula is C22H31N3O. The number of nitrogens with zero attached hydrogens (tertiary/aromatic N) is 1. The first kappa shape index (κ1) is 17.7. The number of primary amides is 1. The zero-order valence-corrected chi connectivity index (χ0v) is 15.9. The zero-order chi connectivity index (χ0) is 18.3. The average molecular weight is 354 g/mol. The van der Waals surface area contributed by atoms with Gasteiger partial charge in [0.1, 0.15) is 0 Å². The van der Waals surface area contributed by atoms with E-state index in [0.717, 1.165) is 19.5 Å². The molecule has 3 fully saturated rings. The number of likely N-dealkylation sites (tertiary alicyclic amines) is 1. The van der Waals surface area contributed by atoms with E-state index in [1.807, 2.05) is 6.92 Å². The molecule has 2 aliphatic carbocycles. The minimum atomic E-state index is -0.202. The topological polar surface area (TPSA) is 58.4 Å². The quantitative estimate of drug-likeness (QED) is 0.792. The molecule has 4 nitrogen and oxygen atoms in total. The Morgan fingerprint density at radius 3 is 2.65 bits per heavy atom. The van der Waals surface area contributed by atoms with Crippen molar-refractivity contribution < 1.29 is 4.79 Å². The molecule has 0 bridgehead atoms. The van der Waals surface area contributed by atoms with Gasteiger partial charge >= 0.3 is 0 Å². The van der Waals surface area contributed by atoms with E-state index in [4.69, 9.17) is 5.73 Å². The van der Waals surface area contributed by atoms with Crippen molar-refractivity contribution in [3.05, 3.63) is 41.5 Å². The van der Waals surface area contributed by atoms with Crippen LogP contribution >= 0.6 is 0 Å². The van der Waals surface area contributed by atoms with Crippen molar-refractivity contribution in [1.29, 1.82) is 0 Å². The Labute approximate surface area is 156 Å². The molecule has 4 rings (SSSR count). The first-order chi connectivity index (χ1) is 12.5. The largest absolute Gasteiger partial charge is 0.368 e. The van der Waals surface area contributed by atoms with Crippen LogP contribution in [0.2, 0.25) is 0 Å². The minimum absolute atomic E-state index is 0.115. The van der Waals surface area contributed by atoms with E-state index in [1.54, 1.807) is 5.57 Å². The monoisotopic (exact) mass is 353 g/mol. The number of hydrogen-bond donors (Lipinski definition) is 2. The summed E-state index contributed by atoms with van der Waals surface area (Å²) in [6.07, 6.45) is 7.29. The summed E-state index contributed by atoms with van der Waals surface area (Å²) in [7, 11) is 0. The average Bonchev–Trinajstić information content (AvgIpc) is 3.33. The van der Waals surface area contributed by atoms with Crippen LogP contribution in [0.3, 0.4) is 0 Å². The van der Waals surface area contributed by atoms with Gasteiger partial charge in [-0.25, -0.2) is 0 Å². The molecular weight excluding hydrogens is 322 g/mol. The molecule has 1 unspecified atom stereocenters. The molecule has 1 aromatic carbocycles. The van der Waals surface area contributed by atoms with Gasteiger partial charge in [0.15, 0.2) is 0 Å². The van der Waals surface area contributed by atoms with Crippen molar-refractivity contribution in [3.8, 4) is 0 Å². The van der Waals surface area contributed by atoms with Gasteiger partial charge < -0.3 is 11.1 Å². The van der Waals surface area contributed by atoms with Crippen molar-refractivity contribution in [1.82, 2.24) is 10.2 Å². The van der Waals surface area contributed by atoms with Crippen molar-refractivity contribution in [2.24, 2.45) is 17.1 Å². The molecule has 1 aromatic rings. The lowest BCUT2D eigenvalue weighted by Gasteiger charge is -2.60. The summed E-state index contributed by atoms with van der Waals surface area (Å²) in [6, 6.07) is 11.9. The van der Waals surface area contributed by atoms with Gasteiger partial charge in [-0.05, 0) is 49.5 Å². The fourth-order valence-corrected chi connectivity index (χ4v) is 4.96. The molecule has 3 aliphatic rings. The first-order valence-corrected chi connectivity index (χ1v) is 10.0.